The van der Waals surface area contributed by atoms with Crippen LogP contribution in [0.1, 0.15) is 31.4 Å². The quantitative estimate of drug-likeness (QED) is 0.748. The van der Waals surface area contributed by atoms with E-state index in [1.807, 2.05) is 0 Å². The van der Waals surface area contributed by atoms with E-state index in [1.165, 1.54) is 24.0 Å². The van der Waals surface area contributed by atoms with Gasteiger partial charge in [0.15, 0.2) is 0 Å². The SMILES string of the molecule is CCCOCC(NCC)C1Cc2ccccc2C1. The number of rotatable bonds is 7. The second kappa shape index (κ2) is 6.91. The van der Waals surface area contributed by atoms with Gasteiger partial charge in [0.25, 0.3) is 0 Å². The van der Waals surface area contributed by atoms with E-state index in [1.54, 1.807) is 0 Å². The standard InChI is InChI=1S/C16H25NO/c1-3-9-18-12-16(17-4-2)15-10-13-7-5-6-8-14(13)11-15/h5-8,15-17H,3-4,9-12H2,1-2H3. The molecule has 100 valence electrons. The largest absolute Gasteiger partial charge is 0.380 e. The summed E-state index contributed by atoms with van der Waals surface area (Å²) in [7, 11) is 0. The van der Waals surface area contributed by atoms with E-state index >= 15 is 0 Å². The highest BCUT2D eigenvalue weighted by molar-refractivity contribution is 5.32. The van der Waals surface area contributed by atoms with Crippen LogP contribution in [0.25, 0.3) is 0 Å². The van der Waals surface area contributed by atoms with Crippen molar-refractivity contribution < 1.29 is 4.74 Å². The van der Waals surface area contributed by atoms with Crippen molar-refractivity contribution in [3.63, 3.8) is 0 Å². The average Bonchev–Trinajstić information content (AvgIpc) is 2.81. The maximum absolute atomic E-state index is 5.75. The Labute approximate surface area is 111 Å². The van der Waals surface area contributed by atoms with E-state index in [9.17, 15) is 0 Å². The van der Waals surface area contributed by atoms with E-state index in [4.69, 9.17) is 4.74 Å². The molecule has 0 spiro atoms. The third-order valence-electron chi connectivity index (χ3n) is 3.76. The van der Waals surface area contributed by atoms with Gasteiger partial charge in [-0.3, -0.25) is 0 Å². The van der Waals surface area contributed by atoms with Crippen molar-refractivity contribution in [3.05, 3.63) is 35.4 Å². The molecule has 1 aromatic carbocycles. The van der Waals surface area contributed by atoms with Gasteiger partial charge < -0.3 is 10.1 Å². The zero-order valence-electron chi connectivity index (χ0n) is 11.6. The van der Waals surface area contributed by atoms with E-state index in [0.717, 1.165) is 26.2 Å². The van der Waals surface area contributed by atoms with Gasteiger partial charge in [0.2, 0.25) is 0 Å². The molecule has 1 aromatic rings. The smallest absolute Gasteiger partial charge is 0.0622 e. The first-order valence-corrected chi connectivity index (χ1v) is 7.23. The summed E-state index contributed by atoms with van der Waals surface area (Å²) < 4.78 is 5.75. The molecule has 18 heavy (non-hydrogen) atoms. The molecule has 1 unspecified atom stereocenters. The van der Waals surface area contributed by atoms with Crippen LogP contribution in [0.4, 0.5) is 0 Å². The minimum atomic E-state index is 0.494. The molecule has 1 N–H and O–H groups in total. The summed E-state index contributed by atoms with van der Waals surface area (Å²) in [5, 5.41) is 3.59. The lowest BCUT2D eigenvalue weighted by Gasteiger charge is -2.24. The van der Waals surface area contributed by atoms with Gasteiger partial charge >= 0.3 is 0 Å². The van der Waals surface area contributed by atoms with Crippen LogP contribution in [0.5, 0.6) is 0 Å². The predicted octanol–water partition coefficient (Wildman–Crippen LogP) is 2.81. The van der Waals surface area contributed by atoms with Crippen molar-refractivity contribution in [2.45, 2.75) is 39.2 Å². The topological polar surface area (TPSA) is 21.3 Å². The maximum atomic E-state index is 5.75. The highest BCUT2D eigenvalue weighted by Crippen LogP contribution is 2.28. The number of nitrogens with one attached hydrogen (secondary N) is 1. The molecule has 1 aliphatic rings. The summed E-state index contributed by atoms with van der Waals surface area (Å²) in [6.45, 7) is 7.08. The molecule has 0 amide bonds. The molecule has 0 bridgehead atoms. The summed E-state index contributed by atoms with van der Waals surface area (Å²) in [5.74, 6) is 0.694. The second-order valence-corrected chi connectivity index (χ2v) is 5.18. The van der Waals surface area contributed by atoms with Crippen molar-refractivity contribution >= 4 is 0 Å². The maximum Gasteiger partial charge on any atom is 0.0622 e. The highest BCUT2D eigenvalue weighted by atomic mass is 16.5. The number of fused-ring (bicyclic) bond motifs is 1. The summed E-state index contributed by atoms with van der Waals surface area (Å²) >= 11 is 0. The van der Waals surface area contributed by atoms with E-state index in [2.05, 4.69) is 43.4 Å². The minimum absolute atomic E-state index is 0.494. The lowest BCUT2D eigenvalue weighted by atomic mass is 9.97. The molecule has 1 aliphatic carbocycles. The van der Waals surface area contributed by atoms with Gasteiger partial charge in [-0.2, -0.15) is 0 Å². The van der Waals surface area contributed by atoms with Gasteiger partial charge in [-0.05, 0) is 42.9 Å². The van der Waals surface area contributed by atoms with Gasteiger partial charge in [0.1, 0.15) is 0 Å². The van der Waals surface area contributed by atoms with Crippen LogP contribution in [-0.4, -0.2) is 25.8 Å². The fraction of sp³-hybridized carbons (Fsp3) is 0.625. The van der Waals surface area contributed by atoms with Gasteiger partial charge in [-0.25, -0.2) is 0 Å². The molecule has 0 radical (unpaired) electrons. The minimum Gasteiger partial charge on any atom is -0.380 e. The van der Waals surface area contributed by atoms with Crippen LogP contribution in [0, 0.1) is 5.92 Å². The fourth-order valence-corrected chi connectivity index (χ4v) is 2.86. The number of benzene rings is 1. The fourth-order valence-electron chi connectivity index (χ4n) is 2.86. The first kappa shape index (κ1) is 13.6. The molecular formula is C16H25NO. The van der Waals surface area contributed by atoms with Crippen LogP contribution >= 0.6 is 0 Å². The van der Waals surface area contributed by atoms with Gasteiger partial charge in [-0.1, -0.05) is 38.1 Å². The summed E-state index contributed by atoms with van der Waals surface area (Å²) in [6.07, 6.45) is 3.50. The Bertz CT molecular complexity index is 339. The van der Waals surface area contributed by atoms with Crippen molar-refractivity contribution in [3.8, 4) is 0 Å². The van der Waals surface area contributed by atoms with Gasteiger partial charge in [0.05, 0.1) is 6.61 Å². The third-order valence-corrected chi connectivity index (χ3v) is 3.76. The molecule has 0 saturated carbocycles. The van der Waals surface area contributed by atoms with E-state index in [-0.39, 0.29) is 0 Å². The summed E-state index contributed by atoms with van der Waals surface area (Å²) in [6, 6.07) is 9.33. The van der Waals surface area contributed by atoms with Crippen molar-refractivity contribution in [1.82, 2.24) is 5.32 Å². The zero-order valence-corrected chi connectivity index (χ0v) is 11.6. The predicted molar refractivity (Wildman–Crippen MR) is 75.9 cm³/mol. The number of hydrogen-bond donors (Lipinski definition) is 1. The monoisotopic (exact) mass is 247 g/mol. The molecule has 2 nitrogen and oxygen atoms in total. The average molecular weight is 247 g/mol. The number of likely N-dealkylation sites (N-methyl/N-ethyl adjacent to an activating group) is 1. The van der Waals surface area contributed by atoms with Crippen LogP contribution in [0.15, 0.2) is 24.3 Å². The molecule has 0 saturated heterocycles. The Morgan fingerprint density at radius 2 is 1.89 bits per heavy atom. The summed E-state index contributed by atoms with van der Waals surface area (Å²) in [5.41, 5.74) is 3.06. The second-order valence-electron chi connectivity index (χ2n) is 5.18. The third kappa shape index (κ3) is 3.33. The van der Waals surface area contributed by atoms with Gasteiger partial charge in [-0.15, -0.1) is 0 Å². The lowest BCUT2D eigenvalue weighted by molar-refractivity contribution is 0.0951. The van der Waals surface area contributed by atoms with Crippen LogP contribution in [0.2, 0.25) is 0 Å². The Hall–Kier alpha value is -0.860. The number of ether oxygens (including phenoxy) is 1. The summed E-state index contributed by atoms with van der Waals surface area (Å²) in [4.78, 5) is 0. The molecule has 1 atom stereocenters. The van der Waals surface area contributed by atoms with Crippen molar-refractivity contribution in [1.29, 1.82) is 0 Å². The van der Waals surface area contributed by atoms with Crippen molar-refractivity contribution in [2.24, 2.45) is 5.92 Å². The van der Waals surface area contributed by atoms with Gasteiger partial charge in [0, 0.05) is 12.6 Å². The van der Waals surface area contributed by atoms with Crippen molar-refractivity contribution in [2.75, 3.05) is 19.8 Å². The Morgan fingerprint density at radius 1 is 1.22 bits per heavy atom. The van der Waals surface area contributed by atoms with Crippen LogP contribution in [-0.2, 0) is 17.6 Å². The van der Waals surface area contributed by atoms with E-state index in [0.29, 0.717) is 12.0 Å². The first-order chi connectivity index (χ1) is 8.85. The Kier molecular flexibility index (Phi) is 5.21. The van der Waals surface area contributed by atoms with E-state index < -0.39 is 0 Å². The zero-order chi connectivity index (χ0) is 12.8. The molecule has 2 rings (SSSR count). The number of hydrogen-bond acceptors (Lipinski definition) is 2. The molecule has 0 aromatic heterocycles. The Morgan fingerprint density at radius 3 is 2.44 bits per heavy atom. The Balaban J connectivity index is 1.92. The molecule has 0 aliphatic heterocycles. The molecule has 0 heterocycles. The lowest BCUT2D eigenvalue weighted by Crippen LogP contribution is -2.40. The molecular weight excluding hydrogens is 222 g/mol. The molecule has 0 fully saturated rings. The molecule has 2 heteroatoms. The van der Waals surface area contributed by atoms with Crippen LogP contribution < -0.4 is 5.32 Å². The first-order valence-electron chi connectivity index (χ1n) is 7.23. The highest BCUT2D eigenvalue weighted by Gasteiger charge is 2.27. The normalized spacial score (nSPS) is 16.8. The van der Waals surface area contributed by atoms with Crippen LogP contribution in [0.3, 0.4) is 0 Å².